The Morgan fingerprint density at radius 3 is 2.19 bits per heavy atom. The largest absolute Gasteiger partial charge is 0.372 e. The molecular weight excluding hydrogens is 522 g/mol. The van der Waals surface area contributed by atoms with Crippen LogP contribution >= 0.6 is 24.0 Å². The van der Waals surface area contributed by atoms with E-state index in [9.17, 15) is 9.18 Å². The zero-order valence-corrected chi connectivity index (χ0v) is 21.4. The van der Waals surface area contributed by atoms with E-state index in [0.717, 1.165) is 11.1 Å². The fourth-order valence-corrected chi connectivity index (χ4v) is 3.70. The van der Waals surface area contributed by atoms with Crippen molar-refractivity contribution in [1.82, 2.24) is 15.5 Å². The van der Waals surface area contributed by atoms with E-state index < -0.39 is 0 Å². The van der Waals surface area contributed by atoms with Crippen LogP contribution in [0.1, 0.15) is 40.9 Å². The summed E-state index contributed by atoms with van der Waals surface area (Å²) in [5, 5.41) is 6.49. The van der Waals surface area contributed by atoms with Crippen molar-refractivity contribution in [2.24, 2.45) is 4.99 Å². The van der Waals surface area contributed by atoms with Crippen LogP contribution in [0.2, 0.25) is 0 Å². The third-order valence-electron chi connectivity index (χ3n) is 5.27. The molecule has 2 aromatic rings. The highest BCUT2D eigenvalue weighted by Crippen LogP contribution is 2.15. The lowest BCUT2D eigenvalue weighted by atomic mass is 10.1. The maximum absolute atomic E-state index is 13.4. The highest BCUT2D eigenvalue weighted by Gasteiger charge is 2.26. The van der Waals surface area contributed by atoms with E-state index in [4.69, 9.17) is 4.74 Å². The number of guanidine groups is 1. The average molecular weight is 554 g/mol. The molecule has 6 nitrogen and oxygen atoms in total. The lowest BCUT2D eigenvalue weighted by molar-refractivity contribution is -0.0586. The standard InChI is InChI=1S/C24H31FN4O2.HI/c1-16-11-20(7-10-22(16)25)13-28-24(26-4)27-12-19-5-8-21(9-6-19)23(30)29-14-17(2)31-18(3)15-29;/h5-11,17-18H,12-15H2,1-4H3,(H2,26,27,28);1H. The van der Waals surface area contributed by atoms with Crippen molar-refractivity contribution in [3.8, 4) is 0 Å². The van der Waals surface area contributed by atoms with Gasteiger partial charge in [-0.05, 0) is 55.7 Å². The summed E-state index contributed by atoms with van der Waals surface area (Å²) in [4.78, 5) is 18.9. The van der Waals surface area contributed by atoms with Crippen molar-refractivity contribution in [1.29, 1.82) is 0 Å². The number of hydrogen-bond acceptors (Lipinski definition) is 3. The molecule has 8 heteroatoms. The molecule has 3 rings (SSSR count). The first kappa shape index (κ1) is 26.1. The van der Waals surface area contributed by atoms with E-state index in [-0.39, 0.29) is 47.9 Å². The molecule has 1 saturated heterocycles. The summed E-state index contributed by atoms with van der Waals surface area (Å²) in [6, 6.07) is 12.7. The molecule has 32 heavy (non-hydrogen) atoms. The van der Waals surface area contributed by atoms with Crippen LogP contribution in [0.15, 0.2) is 47.5 Å². The molecule has 0 spiro atoms. The molecule has 2 aromatic carbocycles. The van der Waals surface area contributed by atoms with Crippen LogP contribution in [-0.2, 0) is 17.8 Å². The van der Waals surface area contributed by atoms with Gasteiger partial charge in [0.1, 0.15) is 5.82 Å². The zero-order valence-electron chi connectivity index (χ0n) is 19.0. The lowest BCUT2D eigenvalue weighted by Crippen LogP contribution is -2.48. The van der Waals surface area contributed by atoms with E-state index in [1.54, 1.807) is 20.0 Å². The first-order valence-corrected chi connectivity index (χ1v) is 10.6. The highest BCUT2D eigenvalue weighted by molar-refractivity contribution is 14.0. The van der Waals surface area contributed by atoms with Gasteiger partial charge in [0, 0.05) is 38.8 Å². The topological polar surface area (TPSA) is 66.0 Å². The Bertz CT molecular complexity index is 926. The summed E-state index contributed by atoms with van der Waals surface area (Å²) in [5.41, 5.74) is 3.33. The minimum Gasteiger partial charge on any atom is -0.372 e. The van der Waals surface area contributed by atoms with E-state index >= 15 is 0 Å². The number of rotatable bonds is 5. The SMILES string of the molecule is CN=C(NCc1ccc(C(=O)N2CC(C)OC(C)C2)cc1)NCc1ccc(F)c(C)c1.I. The van der Waals surface area contributed by atoms with Crippen molar-refractivity contribution in [3.05, 3.63) is 70.5 Å². The first-order valence-electron chi connectivity index (χ1n) is 10.6. The number of carbonyl (C=O) groups is 1. The van der Waals surface area contributed by atoms with Gasteiger partial charge in [-0.2, -0.15) is 0 Å². The smallest absolute Gasteiger partial charge is 0.254 e. The van der Waals surface area contributed by atoms with Gasteiger partial charge in [0.05, 0.1) is 12.2 Å². The molecule has 1 amide bonds. The summed E-state index contributed by atoms with van der Waals surface area (Å²) < 4.78 is 19.1. The Balaban J connectivity index is 0.00000363. The second-order valence-electron chi connectivity index (χ2n) is 8.03. The maximum Gasteiger partial charge on any atom is 0.254 e. The molecule has 2 unspecified atom stereocenters. The van der Waals surface area contributed by atoms with Crippen LogP contribution < -0.4 is 10.6 Å². The normalized spacial score (nSPS) is 18.7. The Hall–Kier alpha value is -2.20. The van der Waals surface area contributed by atoms with Crippen molar-refractivity contribution < 1.29 is 13.9 Å². The molecular formula is C24H32FIN4O2. The molecule has 0 radical (unpaired) electrons. The summed E-state index contributed by atoms with van der Waals surface area (Å²) >= 11 is 0. The van der Waals surface area contributed by atoms with Gasteiger partial charge in [-0.3, -0.25) is 9.79 Å². The molecule has 2 N–H and O–H groups in total. The van der Waals surface area contributed by atoms with Crippen LogP contribution in [0, 0.1) is 12.7 Å². The zero-order chi connectivity index (χ0) is 22.4. The molecule has 0 bridgehead atoms. The number of morpholine rings is 1. The van der Waals surface area contributed by atoms with Gasteiger partial charge in [0.25, 0.3) is 5.91 Å². The molecule has 1 aliphatic rings. The number of carbonyl (C=O) groups excluding carboxylic acids is 1. The van der Waals surface area contributed by atoms with Gasteiger partial charge in [0.15, 0.2) is 5.96 Å². The van der Waals surface area contributed by atoms with Crippen molar-refractivity contribution in [3.63, 3.8) is 0 Å². The van der Waals surface area contributed by atoms with Gasteiger partial charge >= 0.3 is 0 Å². The molecule has 1 heterocycles. The van der Waals surface area contributed by atoms with Crippen LogP contribution in [-0.4, -0.2) is 49.1 Å². The fraction of sp³-hybridized carbons (Fsp3) is 0.417. The monoisotopic (exact) mass is 554 g/mol. The number of amides is 1. The maximum atomic E-state index is 13.4. The second-order valence-corrected chi connectivity index (χ2v) is 8.03. The molecule has 1 aliphatic heterocycles. The quantitative estimate of drug-likeness (QED) is 0.335. The number of aliphatic imine (C=N–C) groups is 1. The summed E-state index contributed by atoms with van der Waals surface area (Å²) in [6.45, 7) is 8.07. The van der Waals surface area contributed by atoms with E-state index in [2.05, 4.69) is 15.6 Å². The van der Waals surface area contributed by atoms with Gasteiger partial charge in [0.2, 0.25) is 0 Å². The highest BCUT2D eigenvalue weighted by atomic mass is 127. The predicted octanol–water partition coefficient (Wildman–Crippen LogP) is 3.87. The Morgan fingerprint density at radius 1 is 1.06 bits per heavy atom. The molecule has 174 valence electrons. The minimum atomic E-state index is -0.203. The number of hydrogen-bond donors (Lipinski definition) is 2. The van der Waals surface area contributed by atoms with Crippen molar-refractivity contribution in [2.75, 3.05) is 20.1 Å². The van der Waals surface area contributed by atoms with E-state index in [1.165, 1.54) is 6.07 Å². The van der Waals surface area contributed by atoms with Gasteiger partial charge in [-0.25, -0.2) is 4.39 Å². The molecule has 0 saturated carbocycles. The van der Waals surface area contributed by atoms with Crippen molar-refractivity contribution >= 4 is 35.8 Å². The molecule has 2 atom stereocenters. The Morgan fingerprint density at radius 2 is 1.62 bits per heavy atom. The van der Waals surface area contributed by atoms with Gasteiger partial charge < -0.3 is 20.3 Å². The minimum absolute atomic E-state index is 0. The number of ether oxygens (including phenoxy) is 1. The summed E-state index contributed by atoms with van der Waals surface area (Å²) in [6.07, 6.45) is 0.100. The lowest BCUT2D eigenvalue weighted by Gasteiger charge is -2.35. The number of benzene rings is 2. The average Bonchev–Trinajstić information content (AvgIpc) is 2.75. The van der Waals surface area contributed by atoms with Crippen LogP contribution in [0.4, 0.5) is 4.39 Å². The molecule has 0 aliphatic carbocycles. The van der Waals surface area contributed by atoms with E-state index in [0.29, 0.717) is 43.3 Å². The van der Waals surface area contributed by atoms with Gasteiger partial charge in [-0.15, -0.1) is 24.0 Å². The second kappa shape index (κ2) is 12.2. The van der Waals surface area contributed by atoms with Gasteiger partial charge in [-0.1, -0.05) is 24.3 Å². The predicted molar refractivity (Wildman–Crippen MR) is 136 cm³/mol. The molecule has 1 fully saturated rings. The van der Waals surface area contributed by atoms with Crippen LogP contribution in [0.25, 0.3) is 0 Å². The first-order chi connectivity index (χ1) is 14.9. The summed E-state index contributed by atoms with van der Waals surface area (Å²) in [7, 11) is 1.71. The number of aryl methyl sites for hydroxylation is 1. The van der Waals surface area contributed by atoms with Crippen LogP contribution in [0.3, 0.4) is 0 Å². The number of nitrogens with zero attached hydrogens (tertiary/aromatic N) is 2. The number of nitrogens with one attached hydrogen (secondary N) is 2. The van der Waals surface area contributed by atoms with Crippen LogP contribution in [0.5, 0.6) is 0 Å². The van der Waals surface area contributed by atoms with Crippen molar-refractivity contribution in [2.45, 2.75) is 46.1 Å². The van der Waals surface area contributed by atoms with E-state index in [1.807, 2.05) is 49.1 Å². The fourth-order valence-electron chi connectivity index (χ4n) is 3.70. The third kappa shape index (κ3) is 7.16. The molecule has 0 aromatic heterocycles. The Labute approximate surface area is 206 Å². The number of halogens is 2. The summed E-state index contributed by atoms with van der Waals surface area (Å²) in [5.74, 6) is 0.484. The Kier molecular flexibility index (Phi) is 9.89. The third-order valence-corrected chi connectivity index (χ3v) is 5.27.